The fourth-order valence-corrected chi connectivity index (χ4v) is 3.85. The van der Waals surface area contributed by atoms with Crippen molar-refractivity contribution in [3.63, 3.8) is 0 Å². The van der Waals surface area contributed by atoms with Crippen LogP contribution in [0.3, 0.4) is 0 Å². The van der Waals surface area contributed by atoms with Gasteiger partial charge < -0.3 is 9.31 Å². The van der Waals surface area contributed by atoms with Crippen LogP contribution in [0.2, 0.25) is 0 Å². The van der Waals surface area contributed by atoms with Crippen LogP contribution < -0.4 is 0 Å². The average Bonchev–Trinajstić information content (AvgIpc) is 2.75. The molecule has 3 heteroatoms. The normalized spacial score (nSPS) is 33.6. The first-order chi connectivity index (χ1) is 10.9. The highest BCUT2D eigenvalue weighted by Gasteiger charge is 2.52. The lowest BCUT2D eigenvalue weighted by Crippen LogP contribution is -2.41. The van der Waals surface area contributed by atoms with Crippen molar-refractivity contribution in [2.24, 2.45) is 11.8 Å². The zero-order valence-corrected chi connectivity index (χ0v) is 14.5. The molecule has 2 nitrogen and oxygen atoms in total. The van der Waals surface area contributed by atoms with E-state index in [1.165, 1.54) is 11.0 Å². The van der Waals surface area contributed by atoms with Crippen LogP contribution in [0, 0.1) is 11.8 Å². The van der Waals surface area contributed by atoms with E-state index in [1.54, 1.807) is 5.57 Å². The Morgan fingerprint density at radius 3 is 2.39 bits per heavy atom. The summed E-state index contributed by atoms with van der Waals surface area (Å²) in [5, 5.41) is 0. The van der Waals surface area contributed by atoms with Crippen LogP contribution in [0.25, 0.3) is 0 Å². The predicted octanol–water partition coefficient (Wildman–Crippen LogP) is 4.56. The van der Waals surface area contributed by atoms with Crippen molar-refractivity contribution in [2.45, 2.75) is 51.7 Å². The fraction of sp³-hybridized carbons (Fsp3) is 0.500. The molecule has 23 heavy (non-hydrogen) atoms. The van der Waals surface area contributed by atoms with Crippen molar-refractivity contribution in [1.82, 2.24) is 0 Å². The second-order valence-electron chi connectivity index (χ2n) is 8.02. The standard InChI is InChI=1S/C20H25BO2/c1-19(2)20(3,4)23-21(22-19)16-11-12-18-15(13-16)10-9-14-7-5-6-8-17(14)18/h5-10,13-14,17H,11-12H2,1-4H3. The lowest BCUT2D eigenvalue weighted by molar-refractivity contribution is 0.00578. The summed E-state index contributed by atoms with van der Waals surface area (Å²) in [7, 11) is -0.207. The van der Waals surface area contributed by atoms with E-state index in [9.17, 15) is 0 Å². The van der Waals surface area contributed by atoms with Gasteiger partial charge in [0.2, 0.25) is 0 Å². The number of allylic oxidation sites excluding steroid dienone is 10. The summed E-state index contributed by atoms with van der Waals surface area (Å²) in [6, 6.07) is 0. The molecule has 2 unspecified atom stereocenters. The van der Waals surface area contributed by atoms with Crippen LogP contribution in [0.15, 0.2) is 59.2 Å². The molecule has 0 amide bonds. The van der Waals surface area contributed by atoms with E-state index in [0.29, 0.717) is 11.8 Å². The number of fused-ring (bicyclic) bond motifs is 2. The predicted molar refractivity (Wildman–Crippen MR) is 94.8 cm³/mol. The molecule has 4 aliphatic rings. The molecule has 0 radical (unpaired) electrons. The third kappa shape index (κ3) is 2.41. The molecule has 4 rings (SSSR count). The van der Waals surface area contributed by atoms with Crippen molar-refractivity contribution in [2.75, 3.05) is 0 Å². The summed E-state index contributed by atoms with van der Waals surface area (Å²) in [6.45, 7) is 8.47. The zero-order chi connectivity index (χ0) is 16.2. The first-order valence-corrected chi connectivity index (χ1v) is 8.70. The van der Waals surface area contributed by atoms with E-state index < -0.39 is 0 Å². The van der Waals surface area contributed by atoms with Gasteiger partial charge in [-0.2, -0.15) is 0 Å². The largest absolute Gasteiger partial charge is 0.490 e. The molecule has 0 N–H and O–H groups in total. The second kappa shape index (κ2) is 5.09. The van der Waals surface area contributed by atoms with Crippen molar-refractivity contribution in [1.29, 1.82) is 0 Å². The summed E-state index contributed by atoms with van der Waals surface area (Å²) < 4.78 is 12.5. The van der Waals surface area contributed by atoms with Gasteiger partial charge in [0.05, 0.1) is 11.2 Å². The number of hydrogen-bond donors (Lipinski definition) is 0. The van der Waals surface area contributed by atoms with Crippen LogP contribution in [0.4, 0.5) is 0 Å². The average molecular weight is 308 g/mol. The Kier molecular flexibility index (Phi) is 3.37. The Morgan fingerprint density at radius 2 is 1.65 bits per heavy atom. The number of hydrogen-bond acceptors (Lipinski definition) is 2. The van der Waals surface area contributed by atoms with Gasteiger partial charge in [-0.3, -0.25) is 0 Å². The highest BCUT2D eigenvalue weighted by molar-refractivity contribution is 6.54. The SMILES string of the molecule is CC1(C)OB(C2=CC3=C(CC2)C2C=CC=CC2C=C3)OC1(C)C. The van der Waals surface area contributed by atoms with Gasteiger partial charge in [-0.05, 0) is 51.6 Å². The lowest BCUT2D eigenvalue weighted by atomic mass is 9.67. The highest BCUT2D eigenvalue weighted by atomic mass is 16.7. The quantitative estimate of drug-likeness (QED) is 0.661. The number of rotatable bonds is 1. The van der Waals surface area contributed by atoms with Gasteiger partial charge in [0.25, 0.3) is 0 Å². The molecule has 1 saturated heterocycles. The van der Waals surface area contributed by atoms with Gasteiger partial charge in [-0.15, -0.1) is 0 Å². The molecule has 1 heterocycles. The minimum atomic E-state index is -0.266. The second-order valence-corrected chi connectivity index (χ2v) is 8.02. The van der Waals surface area contributed by atoms with E-state index >= 15 is 0 Å². The maximum atomic E-state index is 6.23. The fourth-order valence-electron chi connectivity index (χ4n) is 3.85. The van der Waals surface area contributed by atoms with Gasteiger partial charge in [0.15, 0.2) is 0 Å². The van der Waals surface area contributed by atoms with Crippen LogP contribution in [0.1, 0.15) is 40.5 Å². The Bertz CT molecular complexity index is 660. The summed E-state index contributed by atoms with van der Waals surface area (Å²) in [6.07, 6.45) is 18.0. The Morgan fingerprint density at radius 1 is 0.957 bits per heavy atom. The van der Waals surface area contributed by atoms with E-state index in [4.69, 9.17) is 9.31 Å². The van der Waals surface area contributed by atoms with E-state index in [-0.39, 0.29) is 18.3 Å². The zero-order valence-electron chi connectivity index (χ0n) is 14.5. The monoisotopic (exact) mass is 308 g/mol. The van der Waals surface area contributed by atoms with Gasteiger partial charge in [-0.25, -0.2) is 0 Å². The summed E-state index contributed by atoms with van der Waals surface area (Å²) in [5.41, 5.74) is 3.68. The molecule has 1 fully saturated rings. The van der Waals surface area contributed by atoms with Crippen LogP contribution in [-0.4, -0.2) is 18.3 Å². The van der Waals surface area contributed by atoms with E-state index in [2.05, 4.69) is 70.2 Å². The molecular formula is C20H25BO2. The highest BCUT2D eigenvalue weighted by Crippen LogP contribution is 2.44. The minimum absolute atomic E-state index is 0.207. The lowest BCUT2D eigenvalue weighted by Gasteiger charge is -2.32. The topological polar surface area (TPSA) is 18.5 Å². The van der Waals surface area contributed by atoms with E-state index in [1.807, 2.05) is 0 Å². The van der Waals surface area contributed by atoms with Gasteiger partial charge >= 0.3 is 7.12 Å². The van der Waals surface area contributed by atoms with Crippen molar-refractivity contribution in [3.8, 4) is 0 Å². The van der Waals surface area contributed by atoms with Gasteiger partial charge in [0, 0.05) is 11.8 Å². The molecule has 3 aliphatic carbocycles. The summed E-state index contributed by atoms with van der Waals surface area (Å²) in [5.74, 6) is 1.07. The van der Waals surface area contributed by atoms with E-state index in [0.717, 1.165) is 12.8 Å². The first kappa shape index (κ1) is 15.2. The molecule has 0 bridgehead atoms. The maximum Gasteiger partial charge on any atom is 0.490 e. The first-order valence-electron chi connectivity index (χ1n) is 8.70. The molecule has 0 saturated carbocycles. The van der Waals surface area contributed by atoms with Crippen LogP contribution >= 0.6 is 0 Å². The Balaban J connectivity index is 1.62. The molecule has 0 spiro atoms. The Labute approximate surface area is 139 Å². The van der Waals surface area contributed by atoms with Crippen LogP contribution in [0.5, 0.6) is 0 Å². The molecular weight excluding hydrogens is 283 g/mol. The third-order valence-corrected chi connectivity index (χ3v) is 6.03. The van der Waals surface area contributed by atoms with Crippen molar-refractivity contribution in [3.05, 3.63) is 59.2 Å². The smallest absolute Gasteiger partial charge is 0.400 e. The molecule has 2 atom stereocenters. The molecule has 0 aromatic carbocycles. The Hall–Kier alpha value is -1.32. The summed E-state index contributed by atoms with van der Waals surface area (Å²) in [4.78, 5) is 0. The minimum Gasteiger partial charge on any atom is -0.400 e. The van der Waals surface area contributed by atoms with Crippen LogP contribution in [-0.2, 0) is 9.31 Å². The van der Waals surface area contributed by atoms with Crippen molar-refractivity contribution < 1.29 is 9.31 Å². The van der Waals surface area contributed by atoms with Gasteiger partial charge in [-0.1, -0.05) is 48.1 Å². The van der Waals surface area contributed by atoms with Gasteiger partial charge in [0.1, 0.15) is 0 Å². The molecule has 1 aliphatic heterocycles. The maximum absolute atomic E-state index is 6.23. The molecule has 0 aromatic rings. The van der Waals surface area contributed by atoms with Crippen molar-refractivity contribution >= 4 is 7.12 Å². The summed E-state index contributed by atoms with van der Waals surface area (Å²) >= 11 is 0. The molecule has 0 aromatic heterocycles. The third-order valence-electron chi connectivity index (χ3n) is 6.03. The molecule has 120 valence electrons.